The summed E-state index contributed by atoms with van der Waals surface area (Å²) in [5.74, 6) is 0.960. The number of benzene rings is 1. The van der Waals surface area contributed by atoms with Crippen molar-refractivity contribution < 1.29 is 9.90 Å². The van der Waals surface area contributed by atoms with E-state index in [-0.39, 0.29) is 22.1 Å². The molecule has 0 radical (unpaired) electrons. The van der Waals surface area contributed by atoms with E-state index in [2.05, 4.69) is 46.9 Å². The van der Waals surface area contributed by atoms with Gasteiger partial charge in [0.2, 0.25) is 5.91 Å². The predicted molar refractivity (Wildman–Crippen MR) is 88.8 cm³/mol. The highest BCUT2D eigenvalue weighted by atomic mass is 32.2. The van der Waals surface area contributed by atoms with Gasteiger partial charge in [0.15, 0.2) is 0 Å². The summed E-state index contributed by atoms with van der Waals surface area (Å²) in [6, 6.07) is 4.07. The van der Waals surface area contributed by atoms with Gasteiger partial charge in [-0.1, -0.05) is 41.5 Å². The van der Waals surface area contributed by atoms with Gasteiger partial charge in [-0.3, -0.25) is 4.79 Å². The lowest BCUT2D eigenvalue weighted by atomic mass is 9.78. The van der Waals surface area contributed by atoms with Gasteiger partial charge in [-0.2, -0.15) is 0 Å². The van der Waals surface area contributed by atoms with Gasteiger partial charge in [-0.15, -0.1) is 11.8 Å². The van der Waals surface area contributed by atoms with E-state index in [0.29, 0.717) is 11.5 Å². The number of carbonyl (C=O) groups is 1. The molecule has 1 saturated heterocycles. The van der Waals surface area contributed by atoms with Gasteiger partial charge < -0.3 is 10.4 Å². The molecule has 1 aromatic carbocycles. The van der Waals surface area contributed by atoms with Crippen molar-refractivity contribution in [3.63, 3.8) is 0 Å². The van der Waals surface area contributed by atoms with E-state index in [0.717, 1.165) is 16.7 Å². The van der Waals surface area contributed by atoms with Gasteiger partial charge in [0.25, 0.3) is 0 Å². The Hall–Kier alpha value is -1.16. The molecule has 1 amide bonds. The largest absolute Gasteiger partial charge is 0.507 e. The maximum atomic E-state index is 11.5. The molecule has 0 saturated carbocycles. The van der Waals surface area contributed by atoms with Gasteiger partial charge in [-0.25, -0.2) is 0 Å². The Bertz CT molecular complexity index is 532. The normalized spacial score (nSPS) is 19.7. The third-order valence-electron chi connectivity index (χ3n) is 3.72. The van der Waals surface area contributed by atoms with E-state index < -0.39 is 0 Å². The number of phenolic OH excluding ortho intramolecular Hbond substituents is 1. The van der Waals surface area contributed by atoms with Gasteiger partial charge in [0.1, 0.15) is 11.1 Å². The Morgan fingerprint density at radius 3 is 1.90 bits per heavy atom. The zero-order chi connectivity index (χ0) is 16.0. The number of nitrogens with one attached hydrogen (secondary N) is 1. The molecule has 2 rings (SSSR count). The van der Waals surface area contributed by atoms with Crippen LogP contribution in [-0.2, 0) is 15.6 Å². The average Bonchev–Trinajstić information content (AvgIpc) is 2.73. The second-order valence-electron chi connectivity index (χ2n) is 7.72. The topological polar surface area (TPSA) is 49.3 Å². The monoisotopic (exact) mass is 307 g/mol. The van der Waals surface area contributed by atoms with Crippen LogP contribution in [0.3, 0.4) is 0 Å². The van der Waals surface area contributed by atoms with E-state index in [1.54, 1.807) is 11.8 Å². The fourth-order valence-corrected chi connectivity index (χ4v) is 3.46. The summed E-state index contributed by atoms with van der Waals surface area (Å²) in [6.07, 6.45) is 0. The third-order valence-corrected chi connectivity index (χ3v) is 4.88. The van der Waals surface area contributed by atoms with E-state index in [9.17, 15) is 9.90 Å². The maximum Gasteiger partial charge on any atom is 0.231 e. The molecular formula is C17H25NO2S. The van der Waals surface area contributed by atoms with Crippen LogP contribution in [0.2, 0.25) is 0 Å². The summed E-state index contributed by atoms with van der Waals surface area (Å²) in [7, 11) is 0. The van der Waals surface area contributed by atoms with E-state index in [1.165, 1.54) is 0 Å². The predicted octanol–water partition coefficient (Wildman–Crippen LogP) is 3.85. The van der Waals surface area contributed by atoms with Crippen molar-refractivity contribution in [2.45, 2.75) is 57.7 Å². The Morgan fingerprint density at radius 1 is 1.10 bits per heavy atom. The van der Waals surface area contributed by atoms with Crippen LogP contribution >= 0.6 is 11.8 Å². The highest BCUT2D eigenvalue weighted by Gasteiger charge is 2.30. The molecule has 21 heavy (non-hydrogen) atoms. The number of carbonyl (C=O) groups excluding carboxylic acids is 1. The minimum atomic E-state index is -0.145. The summed E-state index contributed by atoms with van der Waals surface area (Å²) >= 11 is 1.61. The first-order valence-electron chi connectivity index (χ1n) is 7.29. The van der Waals surface area contributed by atoms with E-state index in [1.807, 2.05) is 12.1 Å². The molecule has 116 valence electrons. The zero-order valence-corrected chi connectivity index (χ0v) is 14.5. The Morgan fingerprint density at radius 2 is 1.57 bits per heavy atom. The minimum Gasteiger partial charge on any atom is -0.507 e. The van der Waals surface area contributed by atoms with Crippen LogP contribution in [-0.4, -0.2) is 16.8 Å². The molecule has 1 aromatic rings. The quantitative estimate of drug-likeness (QED) is 0.828. The second-order valence-corrected chi connectivity index (χ2v) is 8.82. The second kappa shape index (κ2) is 5.24. The summed E-state index contributed by atoms with van der Waals surface area (Å²) in [4.78, 5) is 11.5. The number of phenols is 1. The number of hydrogen-bond acceptors (Lipinski definition) is 3. The first-order valence-corrected chi connectivity index (χ1v) is 8.34. The molecule has 1 atom stereocenters. The number of rotatable bonds is 1. The van der Waals surface area contributed by atoms with Crippen molar-refractivity contribution in [3.05, 3.63) is 28.8 Å². The summed E-state index contributed by atoms with van der Waals surface area (Å²) < 4.78 is 0. The van der Waals surface area contributed by atoms with Gasteiger partial charge in [0, 0.05) is 0 Å². The molecular weight excluding hydrogens is 282 g/mol. The van der Waals surface area contributed by atoms with Crippen LogP contribution in [0.15, 0.2) is 12.1 Å². The molecule has 0 aliphatic carbocycles. The Balaban J connectivity index is 2.59. The van der Waals surface area contributed by atoms with Gasteiger partial charge in [0.05, 0.1) is 5.75 Å². The molecule has 0 spiro atoms. The number of thioether (sulfide) groups is 1. The molecule has 4 heteroatoms. The van der Waals surface area contributed by atoms with E-state index in [4.69, 9.17) is 0 Å². The molecule has 1 aliphatic rings. The third kappa shape index (κ3) is 3.37. The highest BCUT2D eigenvalue weighted by molar-refractivity contribution is 8.00. The van der Waals surface area contributed by atoms with Crippen LogP contribution in [0, 0.1) is 0 Å². The SMILES string of the molecule is CC(C)(C)c1cc(C2NC(=O)CS2)cc(C(C)(C)C)c1O. The van der Waals surface area contributed by atoms with Crippen LogP contribution in [0.1, 0.15) is 63.6 Å². The minimum absolute atomic E-state index is 0.0136. The lowest BCUT2D eigenvalue weighted by Crippen LogP contribution is -2.22. The van der Waals surface area contributed by atoms with Crippen LogP contribution < -0.4 is 5.32 Å². The number of amides is 1. The molecule has 1 aliphatic heterocycles. The maximum absolute atomic E-state index is 11.5. The molecule has 3 nitrogen and oxygen atoms in total. The fraction of sp³-hybridized carbons (Fsp3) is 0.588. The molecule has 1 heterocycles. The standard InChI is InChI=1S/C17H25NO2S/c1-16(2,3)11-7-10(15-18-13(19)9-21-15)8-12(14(11)20)17(4,5)6/h7-8,15,20H,9H2,1-6H3,(H,18,19). The van der Waals surface area contributed by atoms with Crippen molar-refractivity contribution in [2.24, 2.45) is 0 Å². The van der Waals surface area contributed by atoms with Gasteiger partial charge in [-0.05, 0) is 39.7 Å². The van der Waals surface area contributed by atoms with Crippen molar-refractivity contribution >= 4 is 17.7 Å². The number of aromatic hydroxyl groups is 1. The fourth-order valence-electron chi connectivity index (χ4n) is 2.52. The first-order chi connectivity index (χ1) is 9.50. The highest BCUT2D eigenvalue weighted by Crippen LogP contribution is 2.42. The zero-order valence-electron chi connectivity index (χ0n) is 13.7. The lowest BCUT2D eigenvalue weighted by Gasteiger charge is -2.29. The average molecular weight is 307 g/mol. The van der Waals surface area contributed by atoms with Crippen LogP contribution in [0.5, 0.6) is 5.75 Å². The Kier molecular flexibility index (Phi) is 4.04. The van der Waals surface area contributed by atoms with Crippen LogP contribution in [0.4, 0.5) is 0 Å². The smallest absolute Gasteiger partial charge is 0.231 e. The molecule has 0 aromatic heterocycles. The summed E-state index contributed by atoms with van der Waals surface area (Å²) in [5.41, 5.74) is 2.65. The summed E-state index contributed by atoms with van der Waals surface area (Å²) in [6.45, 7) is 12.6. The molecule has 1 unspecified atom stereocenters. The lowest BCUT2D eigenvalue weighted by molar-refractivity contribution is -0.118. The van der Waals surface area contributed by atoms with Gasteiger partial charge >= 0.3 is 0 Å². The molecule has 2 N–H and O–H groups in total. The Labute approximate surface area is 131 Å². The van der Waals surface area contributed by atoms with Crippen molar-refractivity contribution in [1.29, 1.82) is 0 Å². The van der Waals surface area contributed by atoms with Crippen molar-refractivity contribution in [3.8, 4) is 5.75 Å². The molecule has 1 fully saturated rings. The number of hydrogen-bond donors (Lipinski definition) is 2. The first kappa shape index (κ1) is 16.2. The van der Waals surface area contributed by atoms with E-state index >= 15 is 0 Å². The molecule has 0 bridgehead atoms. The van der Waals surface area contributed by atoms with Crippen LogP contribution in [0.25, 0.3) is 0 Å². The van der Waals surface area contributed by atoms with Crippen molar-refractivity contribution in [2.75, 3.05) is 5.75 Å². The van der Waals surface area contributed by atoms with Crippen molar-refractivity contribution in [1.82, 2.24) is 5.32 Å². The summed E-state index contributed by atoms with van der Waals surface area (Å²) in [5, 5.41) is 13.7.